The molecule has 5 heterocycles. The first-order chi connectivity index (χ1) is 16.3. The number of nitrogen functional groups attached to an aromatic ring is 1. The Morgan fingerprint density at radius 2 is 2.06 bits per heavy atom. The SMILES string of the molecule is C[C@H]1CN(c2nc(N)nc3c2C(=O)CN3)[C@@H]1c1nn2ccc(Cl)c2c(=O)n1-c1cccc(F)c1. The van der Waals surface area contributed by atoms with Crippen LogP contribution in [0.2, 0.25) is 5.02 Å². The first-order valence-electron chi connectivity index (χ1n) is 10.6. The van der Waals surface area contributed by atoms with E-state index >= 15 is 0 Å². The molecular formula is C22H18ClFN8O2. The number of nitrogens with two attached hydrogens (primary N) is 1. The van der Waals surface area contributed by atoms with E-state index < -0.39 is 17.4 Å². The fraction of sp³-hybridized carbons (Fsp3) is 0.227. The molecule has 2 aliphatic heterocycles. The van der Waals surface area contributed by atoms with E-state index in [1.807, 2.05) is 11.8 Å². The number of nitrogens with zero attached hydrogens (tertiary/aromatic N) is 6. The molecule has 6 rings (SSSR count). The average molecular weight is 481 g/mol. The van der Waals surface area contributed by atoms with Crippen LogP contribution in [0.3, 0.4) is 0 Å². The van der Waals surface area contributed by atoms with Crippen molar-refractivity contribution in [2.24, 2.45) is 5.92 Å². The third-order valence-corrected chi connectivity index (χ3v) is 6.53. The maximum absolute atomic E-state index is 14.1. The van der Waals surface area contributed by atoms with Gasteiger partial charge in [-0.2, -0.15) is 15.1 Å². The van der Waals surface area contributed by atoms with Crippen molar-refractivity contribution in [3.05, 3.63) is 69.1 Å². The number of ketones is 1. The van der Waals surface area contributed by atoms with E-state index in [9.17, 15) is 14.0 Å². The van der Waals surface area contributed by atoms with Gasteiger partial charge in [0, 0.05) is 18.7 Å². The predicted molar refractivity (Wildman–Crippen MR) is 124 cm³/mol. The molecular weight excluding hydrogens is 463 g/mol. The lowest BCUT2D eigenvalue weighted by Gasteiger charge is -2.47. The van der Waals surface area contributed by atoms with Gasteiger partial charge in [-0.3, -0.25) is 14.2 Å². The zero-order valence-electron chi connectivity index (χ0n) is 17.9. The molecule has 2 atom stereocenters. The Hall–Kier alpha value is -3.99. The highest BCUT2D eigenvalue weighted by Crippen LogP contribution is 2.44. The van der Waals surface area contributed by atoms with Crippen LogP contribution in [0.1, 0.15) is 29.1 Å². The van der Waals surface area contributed by atoms with E-state index in [0.29, 0.717) is 35.3 Å². The van der Waals surface area contributed by atoms with Crippen LogP contribution < -0.4 is 21.5 Å². The molecule has 0 amide bonds. The third-order valence-electron chi connectivity index (χ3n) is 6.23. The molecule has 1 fully saturated rings. The first kappa shape index (κ1) is 20.6. The van der Waals surface area contributed by atoms with Gasteiger partial charge in [0.1, 0.15) is 28.5 Å². The molecule has 172 valence electrons. The van der Waals surface area contributed by atoms with Crippen molar-refractivity contribution in [2.75, 3.05) is 29.0 Å². The standard InChI is InChI=1S/C22H18ClFN8O2/c1-10-9-30(19-15-14(33)8-26-18(15)27-22(25)28-19)16(10)20-29-31-6-5-13(23)17(31)21(34)32(20)12-4-2-3-11(24)7-12/h2-7,10,16H,8-9H2,1H3,(H3,25,26,27,28)/t10-,16-/m0/s1. The predicted octanol–water partition coefficient (Wildman–Crippen LogP) is 2.46. The Balaban J connectivity index is 1.59. The van der Waals surface area contributed by atoms with E-state index in [4.69, 9.17) is 22.4 Å². The Labute approximate surface area is 196 Å². The number of Topliss-reactive ketones (excluding diaryl/α,β-unsaturated/α-hetero) is 1. The van der Waals surface area contributed by atoms with Gasteiger partial charge in [0.2, 0.25) is 5.95 Å². The Bertz CT molecular complexity index is 1560. The molecule has 34 heavy (non-hydrogen) atoms. The highest BCUT2D eigenvalue weighted by atomic mass is 35.5. The summed E-state index contributed by atoms with van der Waals surface area (Å²) in [6.07, 6.45) is 1.60. The maximum Gasteiger partial charge on any atom is 0.284 e. The minimum Gasteiger partial charge on any atom is -0.368 e. The van der Waals surface area contributed by atoms with E-state index in [2.05, 4.69) is 15.3 Å². The molecule has 3 N–H and O–H groups in total. The number of hydrogen-bond acceptors (Lipinski definition) is 8. The molecule has 1 aromatic carbocycles. The lowest BCUT2D eigenvalue weighted by molar-refractivity contribution is 0.101. The van der Waals surface area contributed by atoms with E-state index in [0.717, 1.165) is 0 Å². The highest BCUT2D eigenvalue weighted by molar-refractivity contribution is 6.33. The number of anilines is 3. The van der Waals surface area contributed by atoms with Gasteiger partial charge in [-0.15, -0.1) is 0 Å². The summed E-state index contributed by atoms with van der Waals surface area (Å²) >= 11 is 6.27. The van der Waals surface area contributed by atoms with Crippen molar-refractivity contribution in [3.8, 4) is 5.69 Å². The second-order valence-electron chi connectivity index (χ2n) is 8.42. The fourth-order valence-corrected chi connectivity index (χ4v) is 4.94. The van der Waals surface area contributed by atoms with E-state index in [-0.39, 0.29) is 34.7 Å². The summed E-state index contributed by atoms with van der Waals surface area (Å²) in [5, 5.41) is 7.88. The van der Waals surface area contributed by atoms with Crippen LogP contribution in [0.5, 0.6) is 0 Å². The molecule has 10 nitrogen and oxygen atoms in total. The molecule has 0 unspecified atom stereocenters. The fourth-order valence-electron chi connectivity index (χ4n) is 4.72. The number of aromatic nitrogens is 5. The van der Waals surface area contributed by atoms with E-state index in [1.165, 1.54) is 27.3 Å². The van der Waals surface area contributed by atoms with Gasteiger partial charge in [0.25, 0.3) is 5.56 Å². The summed E-state index contributed by atoms with van der Waals surface area (Å²) in [5.41, 5.74) is 6.34. The van der Waals surface area contributed by atoms with Crippen LogP contribution in [0.15, 0.2) is 41.3 Å². The quantitative estimate of drug-likeness (QED) is 0.458. The molecule has 0 radical (unpaired) electrons. The van der Waals surface area contributed by atoms with Gasteiger partial charge in [-0.05, 0) is 24.3 Å². The van der Waals surface area contributed by atoms with Crippen LogP contribution in [0.25, 0.3) is 11.2 Å². The number of rotatable bonds is 3. The lowest BCUT2D eigenvalue weighted by Crippen LogP contribution is -2.52. The minimum atomic E-state index is -0.492. The van der Waals surface area contributed by atoms with Crippen LogP contribution in [-0.4, -0.2) is 43.0 Å². The summed E-state index contributed by atoms with van der Waals surface area (Å²) in [7, 11) is 0. The minimum absolute atomic E-state index is 0.0253. The Morgan fingerprint density at radius 3 is 2.82 bits per heavy atom. The molecule has 0 bridgehead atoms. The lowest BCUT2D eigenvalue weighted by atomic mass is 9.88. The summed E-state index contributed by atoms with van der Waals surface area (Å²) in [5.74, 6) is 0.544. The van der Waals surface area contributed by atoms with Gasteiger partial charge in [-0.1, -0.05) is 24.6 Å². The van der Waals surface area contributed by atoms with Gasteiger partial charge in [0.15, 0.2) is 11.6 Å². The number of fused-ring (bicyclic) bond motifs is 2. The normalized spacial score (nSPS) is 19.3. The number of benzene rings is 1. The zero-order valence-corrected chi connectivity index (χ0v) is 18.6. The van der Waals surface area contributed by atoms with Crippen LogP contribution in [-0.2, 0) is 0 Å². The second kappa shape index (κ2) is 7.26. The second-order valence-corrected chi connectivity index (χ2v) is 8.82. The molecule has 0 aliphatic carbocycles. The van der Waals surface area contributed by atoms with Crippen molar-refractivity contribution in [2.45, 2.75) is 13.0 Å². The van der Waals surface area contributed by atoms with Gasteiger partial charge < -0.3 is 16.0 Å². The van der Waals surface area contributed by atoms with Gasteiger partial charge in [-0.25, -0.2) is 8.91 Å². The summed E-state index contributed by atoms with van der Waals surface area (Å²) < 4.78 is 16.9. The molecule has 12 heteroatoms. The monoisotopic (exact) mass is 480 g/mol. The van der Waals surface area contributed by atoms with Crippen molar-refractivity contribution < 1.29 is 9.18 Å². The summed E-state index contributed by atoms with van der Waals surface area (Å²) in [6, 6.07) is 6.85. The van der Waals surface area contributed by atoms with Gasteiger partial charge in [0.05, 0.1) is 23.3 Å². The maximum atomic E-state index is 14.1. The molecule has 0 saturated carbocycles. The number of carbonyl (C=O) groups is 1. The van der Waals surface area contributed by atoms with Crippen LogP contribution >= 0.6 is 11.6 Å². The number of nitrogens with one attached hydrogen (secondary N) is 1. The Morgan fingerprint density at radius 1 is 1.24 bits per heavy atom. The molecule has 3 aromatic heterocycles. The van der Waals surface area contributed by atoms with Crippen molar-refractivity contribution in [3.63, 3.8) is 0 Å². The summed E-state index contributed by atoms with van der Waals surface area (Å²) in [6.45, 7) is 2.65. The Kier molecular flexibility index (Phi) is 4.40. The van der Waals surface area contributed by atoms with E-state index in [1.54, 1.807) is 18.3 Å². The van der Waals surface area contributed by atoms with Crippen molar-refractivity contribution in [1.29, 1.82) is 0 Å². The third kappa shape index (κ3) is 2.90. The average Bonchev–Trinajstić information content (AvgIpc) is 3.34. The first-order valence-corrected chi connectivity index (χ1v) is 11.0. The topological polar surface area (TPSA) is 123 Å². The van der Waals surface area contributed by atoms with Crippen molar-refractivity contribution in [1.82, 2.24) is 24.1 Å². The molecule has 0 spiro atoms. The molecule has 4 aromatic rings. The highest BCUT2D eigenvalue weighted by Gasteiger charge is 2.44. The largest absolute Gasteiger partial charge is 0.368 e. The smallest absolute Gasteiger partial charge is 0.284 e. The summed E-state index contributed by atoms with van der Waals surface area (Å²) in [4.78, 5) is 36.6. The number of hydrogen-bond donors (Lipinski definition) is 2. The number of carbonyl (C=O) groups excluding carboxylic acids is 1. The van der Waals surface area contributed by atoms with Crippen LogP contribution in [0, 0.1) is 11.7 Å². The van der Waals surface area contributed by atoms with Crippen LogP contribution in [0.4, 0.5) is 22.0 Å². The van der Waals surface area contributed by atoms with Crippen molar-refractivity contribution >= 4 is 40.5 Å². The molecule has 2 aliphatic rings. The number of halogens is 2. The van der Waals surface area contributed by atoms with Gasteiger partial charge >= 0.3 is 0 Å². The molecule has 1 saturated heterocycles. The zero-order chi connectivity index (χ0) is 23.7.